The van der Waals surface area contributed by atoms with E-state index in [1.807, 2.05) is 13.8 Å². The second-order valence-electron chi connectivity index (χ2n) is 4.10. The van der Waals surface area contributed by atoms with E-state index in [9.17, 15) is 4.79 Å². The first-order valence-corrected chi connectivity index (χ1v) is 5.84. The smallest absolute Gasteiger partial charge is 0.262 e. The Balaban J connectivity index is 2.55. The number of carbonyl (C=O) groups is 1. The topological polar surface area (TPSA) is 49.3 Å². The Morgan fingerprint density at radius 2 is 2.33 bits per heavy atom. The van der Waals surface area contributed by atoms with Gasteiger partial charge in [0.15, 0.2) is 0 Å². The summed E-state index contributed by atoms with van der Waals surface area (Å²) in [7, 11) is 0. The van der Waals surface area contributed by atoms with Gasteiger partial charge in [-0.3, -0.25) is 4.79 Å². The molecule has 0 saturated carbocycles. The molecular weight excluding hydrogens is 234 g/mol. The van der Waals surface area contributed by atoms with E-state index in [2.05, 4.69) is 5.32 Å². The molecule has 1 aromatic heterocycles. The van der Waals surface area contributed by atoms with Crippen LogP contribution in [0.2, 0.25) is 5.02 Å². The molecule has 0 fully saturated rings. The Labute approximate surface area is 98.1 Å². The molecule has 3 nitrogen and oxygen atoms in total. The molecule has 0 radical (unpaired) electrons. The summed E-state index contributed by atoms with van der Waals surface area (Å²) in [4.78, 5) is 12.1. The molecule has 0 unspecified atom stereocenters. The maximum atomic E-state index is 11.6. The lowest BCUT2D eigenvalue weighted by atomic mass is 9.95. The first-order valence-electron chi connectivity index (χ1n) is 4.58. The molecule has 0 aliphatic carbocycles. The number of carbonyl (C=O) groups excluding carboxylic acids is 1. The van der Waals surface area contributed by atoms with Crippen molar-refractivity contribution in [2.75, 3.05) is 13.2 Å². The van der Waals surface area contributed by atoms with E-state index < -0.39 is 0 Å². The van der Waals surface area contributed by atoms with Gasteiger partial charge in [-0.2, -0.15) is 0 Å². The van der Waals surface area contributed by atoms with Crippen molar-refractivity contribution in [1.29, 1.82) is 0 Å². The number of halogens is 1. The number of aliphatic hydroxyl groups excluding tert-OH is 1. The molecular formula is C10H14ClNO2S. The molecule has 84 valence electrons. The third kappa shape index (κ3) is 3.48. The third-order valence-electron chi connectivity index (χ3n) is 1.98. The van der Waals surface area contributed by atoms with Crippen molar-refractivity contribution < 1.29 is 9.90 Å². The van der Waals surface area contributed by atoms with Gasteiger partial charge in [0, 0.05) is 18.6 Å². The number of hydrogen-bond donors (Lipinski definition) is 2. The van der Waals surface area contributed by atoms with E-state index in [1.54, 1.807) is 11.4 Å². The largest absolute Gasteiger partial charge is 0.396 e. The van der Waals surface area contributed by atoms with Crippen LogP contribution in [-0.2, 0) is 0 Å². The maximum Gasteiger partial charge on any atom is 0.262 e. The van der Waals surface area contributed by atoms with E-state index in [4.69, 9.17) is 16.7 Å². The first-order chi connectivity index (χ1) is 6.96. The van der Waals surface area contributed by atoms with Crippen LogP contribution in [0.1, 0.15) is 23.5 Å². The molecule has 0 saturated heterocycles. The molecule has 0 aliphatic heterocycles. The predicted octanol–water partition coefficient (Wildman–Crippen LogP) is 2.15. The number of amides is 1. The average Bonchev–Trinajstić information content (AvgIpc) is 2.61. The zero-order valence-electron chi connectivity index (χ0n) is 8.71. The molecule has 0 atom stereocenters. The van der Waals surface area contributed by atoms with Crippen LogP contribution in [0.25, 0.3) is 0 Å². The van der Waals surface area contributed by atoms with Crippen LogP contribution in [0.3, 0.4) is 0 Å². The Kier molecular flexibility index (Phi) is 4.13. The fraction of sp³-hybridized carbons (Fsp3) is 0.500. The first kappa shape index (κ1) is 12.5. The highest BCUT2D eigenvalue weighted by Gasteiger charge is 2.19. The summed E-state index contributed by atoms with van der Waals surface area (Å²) < 4.78 is 0. The van der Waals surface area contributed by atoms with Crippen molar-refractivity contribution in [1.82, 2.24) is 5.32 Å². The lowest BCUT2D eigenvalue weighted by Gasteiger charge is -2.21. The molecule has 2 N–H and O–H groups in total. The highest BCUT2D eigenvalue weighted by atomic mass is 35.5. The minimum atomic E-state index is -0.306. The second kappa shape index (κ2) is 4.96. The second-order valence-corrected chi connectivity index (χ2v) is 5.43. The fourth-order valence-corrected chi connectivity index (χ4v) is 1.97. The number of nitrogens with one attached hydrogen (secondary N) is 1. The van der Waals surface area contributed by atoms with Gasteiger partial charge in [0.25, 0.3) is 5.91 Å². The molecule has 15 heavy (non-hydrogen) atoms. The van der Waals surface area contributed by atoms with E-state index in [1.165, 1.54) is 11.3 Å². The summed E-state index contributed by atoms with van der Waals surface area (Å²) in [5.74, 6) is -0.184. The molecule has 5 heteroatoms. The van der Waals surface area contributed by atoms with Crippen LogP contribution in [0.5, 0.6) is 0 Å². The lowest BCUT2D eigenvalue weighted by molar-refractivity contribution is 0.0915. The Bertz CT molecular complexity index is 349. The summed E-state index contributed by atoms with van der Waals surface area (Å²) in [6.07, 6.45) is 0. The third-order valence-corrected chi connectivity index (χ3v) is 3.32. The number of aliphatic hydroxyl groups is 1. The summed E-state index contributed by atoms with van der Waals surface area (Å²) >= 11 is 7.13. The number of thiophene rings is 1. The van der Waals surface area contributed by atoms with Crippen molar-refractivity contribution >= 4 is 28.8 Å². The zero-order chi connectivity index (χ0) is 11.5. The molecule has 0 spiro atoms. The predicted molar refractivity (Wildman–Crippen MR) is 62.5 cm³/mol. The van der Waals surface area contributed by atoms with Gasteiger partial charge >= 0.3 is 0 Å². The Morgan fingerprint density at radius 1 is 1.67 bits per heavy atom. The van der Waals surface area contributed by atoms with E-state index in [0.717, 1.165) is 0 Å². The van der Waals surface area contributed by atoms with Crippen LogP contribution >= 0.6 is 22.9 Å². The van der Waals surface area contributed by atoms with Gasteiger partial charge in [-0.25, -0.2) is 0 Å². The standard InChI is InChI=1S/C10H14ClNO2S/c1-10(2,6-13)5-12-9(14)8-7(11)3-4-15-8/h3-4,13H,5-6H2,1-2H3,(H,12,14). The van der Waals surface area contributed by atoms with Crippen molar-refractivity contribution in [3.05, 3.63) is 21.3 Å². The summed E-state index contributed by atoms with van der Waals surface area (Å²) in [6.45, 7) is 4.22. The van der Waals surface area contributed by atoms with Gasteiger partial charge in [0.05, 0.1) is 5.02 Å². The SMILES string of the molecule is CC(C)(CO)CNC(=O)c1sccc1Cl. The van der Waals surface area contributed by atoms with Crippen LogP contribution in [-0.4, -0.2) is 24.2 Å². The maximum absolute atomic E-state index is 11.6. The summed E-state index contributed by atoms with van der Waals surface area (Å²) in [6, 6.07) is 1.69. The summed E-state index contributed by atoms with van der Waals surface area (Å²) in [5.41, 5.74) is -0.306. The minimum Gasteiger partial charge on any atom is -0.396 e. The van der Waals surface area contributed by atoms with Gasteiger partial charge < -0.3 is 10.4 Å². The molecule has 1 heterocycles. The van der Waals surface area contributed by atoms with Gasteiger partial charge in [-0.1, -0.05) is 25.4 Å². The Morgan fingerprint density at radius 3 is 2.80 bits per heavy atom. The van der Waals surface area contributed by atoms with Gasteiger partial charge in [0.2, 0.25) is 0 Å². The molecule has 0 aromatic carbocycles. The van der Waals surface area contributed by atoms with E-state index in [0.29, 0.717) is 16.4 Å². The van der Waals surface area contributed by atoms with Gasteiger partial charge in [-0.15, -0.1) is 11.3 Å². The van der Waals surface area contributed by atoms with Gasteiger partial charge in [0.1, 0.15) is 4.88 Å². The van der Waals surface area contributed by atoms with Crippen LogP contribution in [0.15, 0.2) is 11.4 Å². The molecule has 0 aliphatic rings. The molecule has 0 bridgehead atoms. The van der Waals surface area contributed by atoms with Crippen molar-refractivity contribution in [2.24, 2.45) is 5.41 Å². The normalized spacial score (nSPS) is 11.5. The van der Waals surface area contributed by atoms with Gasteiger partial charge in [-0.05, 0) is 11.4 Å². The van der Waals surface area contributed by atoms with Crippen LogP contribution in [0, 0.1) is 5.41 Å². The summed E-state index contributed by atoms with van der Waals surface area (Å²) in [5, 5.41) is 14.0. The minimum absolute atomic E-state index is 0.0332. The van der Waals surface area contributed by atoms with Crippen LogP contribution in [0.4, 0.5) is 0 Å². The molecule has 1 aromatic rings. The van der Waals surface area contributed by atoms with Crippen molar-refractivity contribution in [3.63, 3.8) is 0 Å². The number of hydrogen-bond acceptors (Lipinski definition) is 3. The zero-order valence-corrected chi connectivity index (χ0v) is 10.3. The molecule has 1 rings (SSSR count). The monoisotopic (exact) mass is 247 g/mol. The van der Waals surface area contributed by atoms with Crippen molar-refractivity contribution in [3.8, 4) is 0 Å². The average molecular weight is 248 g/mol. The lowest BCUT2D eigenvalue weighted by Crippen LogP contribution is -2.35. The van der Waals surface area contributed by atoms with E-state index in [-0.39, 0.29) is 17.9 Å². The quantitative estimate of drug-likeness (QED) is 0.857. The van der Waals surface area contributed by atoms with Crippen molar-refractivity contribution in [2.45, 2.75) is 13.8 Å². The highest BCUT2D eigenvalue weighted by molar-refractivity contribution is 7.12. The fourth-order valence-electron chi connectivity index (χ4n) is 0.911. The van der Waals surface area contributed by atoms with E-state index >= 15 is 0 Å². The highest BCUT2D eigenvalue weighted by Crippen LogP contribution is 2.22. The number of rotatable bonds is 4. The Hall–Kier alpha value is -0.580. The van der Waals surface area contributed by atoms with Crippen LogP contribution < -0.4 is 5.32 Å². The molecule has 1 amide bonds.